The smallest absolute Gasteiger partial charge is 0.238 e. The van der Waals surface area contributed by atoms with E-state index in [1.54, 1.807) is 17.0 Å². The van der Waals surface area contributed by atoms with E-state index in [1.807, 2.05) is 72.8 Å². The van der Waals surface area contributed by atoms with Gasteiger partial charge in [-0.25, -0.2) is 4.99 Å². The number of aliphatic imine (C=N–C) groups is 1. The summed E-state index contributed by atoms with van der Waals surface area (Å²) in [5, 5.41) is 3.40. The number of anilines is 1. The summed E-state index contributed by atoms with van der Waals surface area (Å²) >= 11 is 7.42. The number of nitrogens with one attached hydrogen (secondary N) is 1. The Bertz CT molecular complexity index is 1120. The number of para-hydroxylation sites is 1. The van der Waals surface area contributed by atoms with Crippen LogP contribution in [0.3, 0.4) is 0 Å². The van der Waals surface area contributed by atoms with Gasteiger partial charge in [0.1, 0.15) is 5.25 Å². The summed E-state index contributed by atoms with van der Waals surface area (Å²) in [6.07, 6.45) is 0.815. The van der Waals surface area contributed by atoms with E-state index >= 15 is 0 Å². The molecule has 1 heterocycles. The molecule has 0 spiro atoms. The van der Waals surface area contributed by atoms with Crippen molar-refractivity contribution in [3.63, 3.8) is 0 Å². The van der Waals surface area contributed by atoms with Crippen LogP contribution >= 0.6 is 23.4 Å². The minimum Gasteiger partial charge on any atom is -0.325 e. The number of carbonyl (C=O) groups excluding carboxylic acids is 2. The fourth-order valence-corrected chi connectivity index (χ4v) is 4.66. The van der Waals surface area contributed by atoms with Crippen LogP contribution in [0.4, 0.5) is 11.4 Å². The molecule has 5 nitrogen and oxygen atoms in total. The van der Waals surface area contributed by atoms with Crippen molar-refractivity contribution in [1.29, 1.82) is 0 Å². The SMILES string of the molecule is O=C(Nc1ccccc1)C1CC(=O)N(CCc2ccccc2)C(=Nc2cccc(Cl)c2)S1. The highest BCUT2D eigenvalue weighted by Gasteiger charge is 2.35. The van der Waals surface area contributed by atoms with Gasteiger partial charge < -0.3 is 5.32 Å². The number of rotatable bonds is 6. The topological polar surface area (TPSA) is 61.8 Å². The average Bonchev–Trinajstić information content (AvgIpc) is 2.80. The van der Waals surface area contributed by atoms with E-state index in [4.69, 9.17) is 11.6 Å². The van der Waals surface area contributed by atoms with E-state index in [2.05, 4.69) is 10.3 Å². The van der Waals surface area contributed by atoms with Crippen molar-refractivity contribution in [2.24, 2.45) is 4.99 Å². The maximum atomic E-state index is 13.1. The van der Waals surface area contributed by atoms with Crippen molar-refractivity contribution in [3.05, 3.63) is 95.5 Å². The highest BCUT2D eigenvalue weighted by Crippen LogP contribution is 2.30. The fourth-order valence-electron chi connectivity index (χ4n) is 3.35. The molecule has 4 rings (SSSR count). The predicted molar refractivity (Wildman–Crippen MR) is 131 cm³/mol. The number of carbonyl (C=O) groups is 2. The first-order valence-electron chi connectivity index (χ1n) is 10.3. The summed E-state index contributed by atoms with van der Waals surface area (Å²) in [5.74, 6) is -0.329. The maximum absolute atomic E-state index is 13.1. The van der Waals surface area contributed by atoms with Crippen LogP contribution in [-0.4, -0.2) is 33.7 Å². The van der Waals surface area contributed by atoms with Crippen LogP contribution in [0.5, 0.6) is 0 Å². The number of thioether (sulfide) groups is 1. The molecule has 0 bridgehead atoms. The van der Waals surface area contributed by atoms with E-state index in [-0.39, 0.29) is 18.2 Å². The molecule has 1 aliphatic heterocycles. The Labute approximate surface area is 196 Å². The summed E-state index contributed by atoms with van der Waals surface area (Å²) in [5.41, 5.74) is 2.48. The van der Waals surface area contributed by atoms with E-state index in [0.717, 1.165) is 5.56 Å². The minimum absolute atomic E-state index is 0.117. The summed E-state index contributed by atoms with van der Waals surface area (Å²) in [6.45, 7) is 0.488. The van der Waals surface area contributed by atoms with Gasteiger partial charge in [0.05, 0.1) is 5.69 Å². The second-order valence-corrected chi connectivity index (χ2v) is 8.93. The lowest BCUT2D eigenvalue weighted by molar-refractivity contribution is -0.129. The Morgan fingerprint density at radius 3 is 2.47 bits per heavy atom. The normalized spacial score (nSPS) is 17.4. The molecule has 2 amide bonds. The number of amides is 2. The van der Waals surface area contributed by atoms with E-state index in [1.165, 1.54) is 11.8 Å². The molecule has 0 saturated carbocycles. The standard InChI is InChI=1S/C25H22ClN3O2S/c26-19-10-7-13-21(16-19)28-25-29(15-14-18-8-3-1-4-9-18)23(30)17-22(32-25)24(31)27-20-11-5-2-6-12-20/h1-13,16,22H,14-15,17H2,(H,27,31). The lowest BCUT2D eigenvalue weighted by Crippen LogP contribution is -2.46. The molecule has 0 radical (unpaired) electrons. The summed E-state index contributed by atoms with van der Waals surface area (Å²) in [7, 11) is 0. The Morgan fingerprint density at radius 1 is 1.03 bits per heavy atom. The van der Waals surface area contributed by atoms with Gasteiger partial charge in [-0.3, -0.25) is 14.5 Å². The van der Waals surface area contributed by atoms with Gasteiger partial charge in [-0.05, 0) is 42.3 Å². The van der Waals surface area contributed by atoms with Gasteiger partial charge in [-0.15, -0.1) is 0 Å². The minimum atomic E-state index is -0.561. The monoisotopic (exact) mass is 463 g/mol. The van der Waals surface area contributed by atoms with Gasteiger partial charge in [-0.1, -0.05) is 78.0 Å². The van der Waals surface area contributed by atoms with Crippen LogP contribution in [0, 0.1) is 0 Å². The second kappa shape index (κ2) is 10.5. The summed E-state index contributed by atoms with van der Waals surface area (Å²) in [6, 6.07) is 26.4. The predicted octanol–water partition coefficient (Wildman–Crippen LogP) is 5.54. The van der Waals surface area contributed by atoms with Gasteiger partial charge in [0, 0.05) is 23.7 Å². The third-order valence-electron chi connectivity index (χ3n) is 4.97. The van der Waals surface area contributed by atoms with Crippen LogP contribution < -0.4 is 5.32 Å². The number of benzene rings is 3. The molecule has 3 aromatic rings. The van der Waals surface area contributed by atoms with Crippen molar-refractivity contribution in [2.45, 2.75) is 18.1 Å². The van der Waals surface area contributed by atoms with E-state index < -0.39 is 5.25 Å². The highest BCUT2D eigenvalue weighted by atomic mass is 35.5. The first-order valence-corrected chi connectivity index (χ1v) is 11.6. The molecule has 0 aromatic heterocycles. The third kappa shape index (κ3) is 5.78. The molecule has 1 saturated heterocycles. The van der Waals surface area contributed by atoms with E-state index in [9.17, 15) is 9.59 Å². The van der Waals surface area contributed by atoms with Gasteiger partial charge in [0.15, 0.2) is 5.17 Å². The molecule has 1 N–H and O–H groups in total. The Kier molecular flexibility index (Phi) is 7.24. The Hall–Kier alpha value is -3.09. The zero-order chi connectivity index (χ0) is 22.3. The van der Waals surface area contributed by atoms with Crippen molar-refractivity contribution in [3.8, 4) is 0 Å². The van der Waals surface area contributed by atoms with Crippen LogP contribution in [0.2, 0.25) is 5.02 Å². The number of nitrogens with zero attached hydrogens (tertiary/aromatic N) is 2. The third-order valence-corrected chi connectivity index (χ3v) is 6.40. The molecule has 32 heavy (non-hydrogen) atoms. The van der Waals surface area contributed by atoms with Crippen LogP contribution in [0.1, 0.15) is 12.0 Å². The van der Waals surface area contributed by atoms with Crippen LogP contribution in [0.15, 0.2) is 89.9 Å². The zero-order valence-corrected chi connectivity index (χ0v) is 18.9. The summed E-state index contributed by atoms with van der Waals surface area (Å²) in [4.78, 5) is 32.3. The lowest BCUT2D eigenvalue weighted by Gasteiger charge is -2.32. The fraction of sp³-hybridized carbons (Fsp3) is 0.160. The molecule has 162 valence electrons. The van der Waals surface area contributed by atoms with Gasteiger partial charge in [0.2, 0.25) is 11.8 Å². The van der Waals surface area contributed by atoms with Crippen molar-refractivity contribution < 1.29 is 9.59 Å². The van der Waals surface area contributed by atoms with Crippen molar-refractivity contribution in [2.75, 3.05) is 11.9 Å². The molecular weight excluding hydrogens is 442 g/mol. The van der Waals surface area contributed by atoms with Crippen LogP contribution in [0.25, 0.3) is 0 Å². The zero-order valence-electron chi connectivity index (χ0n) is 17.3. The maximum Gasteiger partial charge on any atom is 0.238 e. The molecule has 1 unspecified atom stereocenters. The first-order chi connectivity index (χ1) is 15.6. The van der Waals surface area contributed by atoms with Gasteiger partial charge in [-0.2, -0.15) is 0 Å². The van der Waals surface area contributed by atoms with Gasteiger partial charge in [0.25, 0.3) is 0 Å². The molecule has 0 aliphatic carbocycles. The molecule has 3 aromatic carbocycles. The Balaban J connectivity index is 1.56. The van der Waals surface area contributed by atoms with Crippen LogP contribution in [-0.2, 0) is 16.0 Å². The largest absolute Gasteiger partial charge is 0.325 e. The Morgan fingerprint density at radius 2 is 1.75 bits per heavy atom. The molecule has 1 aliphatic rings. The van der Waals surface area contributed by atoms with Crippen molar-refractivity contribution in [1.82, 2.24) is 4.90 Å². The summed E-state index contributed by atoms with van der Waals surface area (Å²) < 4.78 is 0. The first kappa shape index (κ1) is 22.1. The van der Waals surface area contributed by atoms with Gasteiger partial charge >= 0.3 is 0 Å². The van der Waals surface area contributed by atoms with E-state index in [0.29, 0.717) is 34.5 Å². The molecule has 1 fully saturated rings. The molecular formula is C25H22ClN3O2S. The number of amidine groups is 1. The second-order valence-electron chi connectivity index (χ2n) is 7.32. The quantitative estimate of drug-likeness (QED) is 0.521. The number of halogens is 1. The number of hydrogen-bond acceptors (Lipinski definition) is 4. The lowest BCUT2D eigenvalue weighted by atomic mass is 10.1. The highest BCUT2D eigenvalue weighted by molar-refractivity contribution is 8.15. The molecule has 7 heteroatoms. The van der Waals surface area contributed by atoms with Crippen molar-refractivity contribution >= 4 is 51.7 Å². The molecule has 1 atom stereocenters. The average molecular weight is 464 g/mol. The number of hydrogen-bond donors (Lipinski definition) is 1.